The molecule has 9 heteroatoms. The van der Waals surface area contributed by atoms with Crippen LogP contribution in [0, 0.1) is 6.92 Å². The number of morpholine rings is 1. The van der Waals surface area contributed by atoms with Crippen LogP contribution in [0.1, 0.15) is 40.7 Å². The van der Waals surface area contributed by atoms with E-state index in [4.69, 9.17) is 9.72 Å². The van der Waals surface area contributed by atoms with Crippen molar-refractivity contribution in [2.24, 2.45) is 0 Å². The summed E-state index contributed by atoms with van der Waals surface area (Å²) in [6, 6.07) is 9.85. The summed E-state index contributed by atoms with van der Waals surface area (Å²) in [4.78, 5) is 40.3. The highest BCUT2D eigenvalue weighted by molar-refractivity contribution is 6.06. The SMILES string of the molecule is Cc1cc(=O)[nH]c2ccc(NC(=O)c3cnc(N4CCC(N5CCCC5)C4)cc3CN3CCOCC3)cc12. The number of H-pyrrole nitrogens is 1. The van der Waals surface area contributed by atoms with Crippen molar-refractivity contribution in [3.63, 3.8) is 0 Å². The molecule has 3 fully saturated rings. The van der Waals surface area contributed by atoms with E-state index in [1.165, 1.54) is 25.9 Å². The third kappa shape index (κ3) is 5.32. The van der Waals surface area contributed by atoms with Gasteiger partial charge in [-0.1, -0.05) is 0 Å². The van der Waals surface area contributed by atoms with E-state index in [1.54, 1.807) is 12.3 Å². The van der Waals surface area contributed by atoms with Gasteiger partial charge in [0.25, 0.3) is 5.91 Å². The van der Waals surface area contributed by atoms with Crippen LogP contribution >= 0.6 is 0 Å². The monoisotopic (exact) mass is 516 g/mol. The number of carbonyl (C=O) groups excluding carboxylic acids is 1. The number of ether oxygens (including phenoxy) is 1. The van der Waals surface area contributed by atoms with Gasteiger partial charge >= 0.3 is 0 Å². The van der Waals surface area contributed by atoms with Gasteiger partial charge in [-0.05, 0) is 74.7 Å². The minimum atomic E-state index is -0.176. The highest BCUT2D eigenvalue weighted by Gasteiger charge is 2.30. The second kappa shape index (κ2) is 10.8. The first-order valence-electron chi connectivity index (χ1n) is 13.8. The number of likely N-dealkylation sites (tertiary alicyclic amines) is 1. The van der Waals surface area contributed by atoms with Crippen LogP contribution in [0.3, 0.4) is 0 Å². The number of hydrogen-bond donors (Lipinski definition) is 2. The first-order valence-corrected chi connectivity index (χ1v) is 13.8. The molecule has 0 radical (unpaired) electrons. The molecule has 38 heavy (non-hydrogen) atoms. The predicted molar refractivity (Wildman–Crippen MR) is 149 cm³/mol. The number of benzene rings is 1. The van der Waals surface area contributed by atoms with E-state index < -0.39 is 0 Å². The fraction of sp³-hybridized carbons (Fsp3) is 0.483. The number of anilines is 2. The van der Waals surface area contributed by atoms with Crippen LogP contribution in [0.4, 0.5) is 11.5 Å². The Bertz CT molecular complexity index is 1380. The summed E-state index contributed by atoms with van der Waals surface area (Å²) in [6.45, 7) is 10.1. The molecule has 5 heterocycles. The van der Waals surface area contributed by atoms with E-state index in [9.17, 15) is 9.59 Å². The first-order chi connectivity index (χ1) is 18.5. The quantitative estimate of drug-likeness (QED) is 0.520. The van der Waals surface area contributed by atoms with Crippen LogP contribution in [0.15, 0.2) is 41.3 Å². The van der Waals surface area contributed by atoms with Crippen molar-refractivity contribution in [2.75, 3.05) is 62.7 Å². The van der Waals surface area contributed by atoms with Crippen molar-refractivity contribution in [2.45, 2.75) is 38.8 Å². The molecule has 0 aliphatic carbocycles. The molecule has 3 aromatic rings. The molecule has 0 spiro atoms. The number of carbonyl (C=O) groups is 1. The second-order valence-corrected chi connectivity index (χ2v) is 10.8. The maximum Gasteiger partial charge on any atom is 0.257 e. The van der Waals surface area contributed by atoms with Crippen LogP contribution in [0.25, 0.3) is 10.9 Å². The lowest BCUT2D eigenvalue weighted by molar-refractivity contribution is 0.0341. The van der Waals surface area contributed by atoms with E-state index in [2.05, 4.69) is 31.1 Å². The van der Waals surface area contributed by atoms with Crippen LogP contribution in [0.5, 0.6) is 0 Å². The third-order valence-electron chi connectivity index (χ3n) is 8.17. The van der Waals surface area contributed by atoms with Crippen molar-refractivity contribution in [1.82, 2.24) is 19.8 Å². The highest BCUT2D eigenvalue weighted by Crippen LogP contribution is 2.27. The van der Waals surface area contributed by atoms with Gasteiger partial charge in [0.1, 0.15) is 5.82 Å². The molecule has 3 aliphatic heterocycles. The van der Waals surface area contributed by atoms with Crippen molar-refractivity contribution in [3.8, 4) is 0 Å². The third-order valence-corrected chi connectivity index (χ3v) is 8.17. The van der Waals surface area contributed by atoms with Gasteiger partial charge in [0.15, 0.2) is 0 Å². The Kier molecular flexibility index (Phi) is 7.14. The Morgan fingerprint density at radius 2 is 1.92 bits per heavy atom. The normalized spacial score (nSPS) is 20.9. The van der Waals surface area contributed by atoms with Gasteiger partial charge in [-0.2, -0.15) is 0 Å². The minimum Gasteiger partial charge on any atom is -0.379 e. The van der Waals surface area contributed by atoms with E-state index in [0.717, 1.165) is 60.4 Å². The molecular weight excluding hydrogens is 480 g/mol. The van der Waals surface area contributed by atoms with Gasteiger partial charge in [-0.25, -0.2) is 4.98 Å². The summed E-state index contributed by atoms with van der Waals surface area (Å²) >= 11 is 0. The fourth-order valence-corrected chi connectivity index (χ4v) is 6.05. The lowest BCUT2D eigenvalue weighted by Gasteiger charge is -2.28. The largest absolute Gasteiger partial charge is 0.379 e. The van der Waals surface area contributed by atoms with E-state index in [1.807, 2.05) is 25.1 Å². The molecule has 2 aromatic heterocycles. The summed E-state index contributed by atoms with van der Waals surface area (Å²) in [5.41, 5.74) is 3.76. The number of fused-ring (bicyclic) bond motifs is 1. The zero-order valence-corrected chi connectivity index (χ0v) is 22.0. The van der Waals surface area contributed by atoms with Gasteiger partial charge in [0.2, 0.25) is 5.56 Å². The number of rotatable bonds is 6. The number of aromatic nitrogens is 2. The molecule has 1 unspecified atom stereocenters. The summed E-state index contributed by atoms with van der Waals surface area (Å²) in [6.07, 6.45) is 5.51. The predicted octanol–water partition coefficient (Wildman–Crippen LogP) is 2.99. The fourth-order valence-electron chi connectivity index (χ4n) is 6.05. The average Bonchev–Trinajstić information content (AvgIpc) is 3.62. The van der Waals surface area contributed by atoms with Gasteiger partial charge < -0.3 is 19.9 Å². The first kappa shape index (κ1) is 25.0. The highest BCUT2D eigenvalue weighted by atomic mass is 16.5. The Hall–Kier alpha value is -3.27. The molecule has 200 valence electrons. The van der Waals surface area contributed by atoms with Crippen LogP contribution in [-0.2, 0) is 11.3 Å². The molecule has 1 aromatic carbocycles. The van der Waals surface area contributed by atoms with Crippen LogP contribution in [0.2, 0.25) is 0 Å². The molecule has 3 saturated heterocycles. The maximum atomic E-state index is 13.5. The topological polar surface area (TPSA) is 93.8 Å². The lowest BCUT2D eigenvalue weighted by Crippen LogP contribution is -2.36. The summed E-state index contributed by atoms with van der Waals surface area (Å²) in [5.74, 6) is 0.780. The maximum absolute atomic E-state index is 13.5. The molecule has 2 N–H and O–H groups in total. The summed E-state index contributed by atoms with van der Waals surface area (Å²) < 4.78 is 5.54. The molecule has 0 saturated carbocycles. The van der Waals surface area contributed by atoms with Crippen molar-refractivity contribution in [1.29, 1.82) is 0 Å². The van der Waals surface area contributed by atoms with Crippen molar-refractivity contribution < 1.29 is 9.53 Å². The molecule has 3 aliphatic rings. The Morgan fingerprint density at radius 3 is 2.74 bits per heavy atom. The van der Waals surface area contributed by atoms with E-state index in [-0.39, 0.29) is 11.5 Å². The van der Waals surface area contributed by atoms with Crippen molar-refractivity contribution in [3.05, 3.63) is 63.6 Å². The zero-order chi connectivity index (χ0) is 26.1. The standard InChI is InChI=1S/C29H36N6O3/c1-20-14-28(36)32-26-5-4-22(16-24(20)26)31-29(37)25-17-30-27(15-21(25)18-33-10-12-38-13-11-33)35-9-6-23(19-35)34-7-2-3-8-34/h4-5,14-17,23H,2-3,6-13,18-19H2,1H3,(H,31,37)(H,32,36). The van der Waals surface area contributed by atoms with Crippen LogP contribution in [-0.4, -0.2) is 84.2 Å². The zero-order valence-electron chi connectivity index (χ0n) is 22.0. The Morgan fingerprint density at radius 1 is 1.11 bits per heavy atom. The Balaban J connectivity index is 1.25. The smallest absolute Gasteiger partial charge is 0.257 e. The number of hydrogen-bond acceptors (Lipinski definition) is 7. The van der Waals surface area contributed by atoms with Crippen LogP contribution < -0.4 is 15.8 Å². The summed E-state index contributed by atoms with van der Waals surface area (Å²) in [5, 5.41) is 3.98. The van der Waals surface area contributed by atoms with Gasteiger partial charge in [0.05, 0.1) is 18.8 Å². The number of aryl methyl sites for hydroxylation is 1. The minimum absolute atomic E-state index is 0.129. The average molecular weight is 517 g/mol. The number of nitrogens with zero attached hydrogens (tertiary/aromatic N) is 4. The number of amides is 1. The molecule has 0 bridgehead atoms. The number of pyridine rings is 2. The van der Waals surface area contributed by atoms with Gasteiger partial charge in [0, 0.05) is 67.6 Å². The lowest BCUT2D eigenvalue weighted by atomic mass is 10.1. The number of aromatic amines is 1. The molecule has 6 rings (SSSR count). The summed E-state index contributed by atoms with van der Waals surface area (Å²) in [7, 11) is 0. The molecule has 1 amide bonds. The molecular formula is C29H36N6O3. The second-order valence-electron chi connectivity index (χ2n) is 10.8. The van der Waals surface area contributed by atoms with Gasteiger partial charge in [-0.3, -0.25) is 19.4 Å². The van der Waals surface area contributed by atoms with Crippen molar-refractivity contribution >= 4 is 28.3 Å². The van der Waals surface area contributed by atoms with Gasteiger partial charge in [-0.15, -0.1) is 0 Å². The molecule has 1 atom stereocenters. The molecule has 9 nitrogen and oxygen atoms in total. The van der Waals surface area contributed by atoms with E-state index >= 15 is 0 Å². The Labute approximate surface area is 222 Å². The number of nitrogens with one attached hydrogen (secondary N) is 2. The van der Waals surface area contributed by atoms with E-state index in [0.29, 0.717) is 37.1 Å².